The Morgan fingerprint density at radius 2 is 2.00 bits per heavy atom. The fraction of sp³-hybridized carbons (Fsp3) is 0.0625. The molecule has 2 aromatic carbocycles. The summed E-state index contributed by atoms with van der Waals surface area (Å²) in [5.41, 5.74) is 2.41. The van der Waals surface area contributed by atoms with E-state index in [1.807, 2.05) is 24.3 Å². The molecule has 0 bridgehead atoms. The van der Waals surface area contributed by atoms with E-state index in [0.29, 0.717) is 23.4 Å². The van der Waals surface area contributed by atoms with Crippen LogP contribution in [0.25, 0.3) is 21.2 Å². The van der Waals surface area contributed by atoms with Crippen LogP contribution in [0, 0.1) is 10.9 Å². The molecule has 4 rings (SSSR count). The Morgan fingerprint density at radius 3 is 2.90 bits per heavy atom. The predicted molar refractivity (Wildman–Crippen MR) is 82.2 cm³/mol. The summed E-state index contributed by atoms with van der Waals surface area (Å²) in [4.78, 5) is 4.14. The molecule has 0 spiro atoms. The maximum atomic E-state index is 14.4. The van der Waals surface area contributed by atoms with Gasteiger partial charge in [-0.25, -0.2) is 9.38 Å². The fourth-order valence-electron chi connectivity index (χ4n) is 2.68. The molecule has 0 saturated carbocycles. The summed E-state index contributed by atoms with van der Waals surface area (Å²) in [6.07, 6.45) is 1.54. The molecule has 0 aliphatic carbocycles. The summed E-state index contributed by atoms with van der Waals surface area (Å²) >= 11 is 1.08. The lowest BCUT2D eigenvalue weighted by Gasteiger charge is -2.16. The molecule has 0 amide bonds. The van der Waals surface area contributed by atoms with Gasteiger partial charge >= 0.3 is 0 Å². The van der Waals surface area contributed by atoms with E-state index in [1.165, 1.54) is 18.5 Å². The zero-order valence-corrected chi connectivity index (χ0v) is 11.7. The largest absolute Gasteiger partial charge is 0.372 e. The van der Waals surface area contributed by atoms with Crippen LogP contribution in [0.4, 0.5) is 14.5 Å². The topological polar surface area (TPSA) is 24.4 Å². The molecule has 1 aromatic heterocycles. The van der Waals surface area contributed by atoms with Gasteiger partial charge in [0.1, 0.15) is 5.82 Å². The van der Waals surface area contributed by atoms with Crippen LogP contribution in [0.15, 0.2) is 41.4 Å². The van der Waals surface area contributed by atoms with E-state index >= 15 is 0 Å². The van der Waals surface area contributed by atoms with Crippen molar-refractivity contribution in [1.29, 1.82) is 0 Å². The number of benzene rings is 2. The molecule has 2 nitrogen and oxygen atoms in total. The van der Waals surface area contributed by atoms with E-state index < -0.39 is 5.82 Å². The van der Waals surface area contributed by atoms with Gasteiger partial charge in [0, 0.05) is 27.8 Å². The van der Waals surface area contributed by atoms with Crippen LogP contribution in [-0.2, 0) is 6.54 Å². The first-order valence-corrected chi connectivity index (χ1v) is 7.31. The van der Waals surface area contributed by atoms with Gasteiger partial charge in [-0.15, -0.1) is 11.3 Å². The standard InChI is InChI=1S/C16H10F2N2S/c17-9-5-11(12-7-19-8-20-13(12)6-9)15-10-3-1-2-4-14(10)21-16(15)18/h1-6,8H,7H2,(H,19,20). The minimum absolute atomic E-state index is 0.293. The molecule has 2 heterocycles. The number of nitrogens with one attached hydrogen (secondary N) is 1. The minimum atomic E-state index is -0.405. The summed E-state index contributed by atoms with van der Waals surface area (Å²) < 4.78 is 29.2. The Kier molecular flexibility index (Phi) is 2.75. The third-order valence-electron chi connectivity index (χ3n) is 3.59. The van der Waals surface area contributed by atoms with Crippen LogP contribution < -0.4 is 5.32 Å². The molecular weight excluding hydrogens is 290 g/mol. The van der Waals surface area contributed by atoms with Gasteiger partial charge in [-0.05, 0) is 23.8 Å². The van der Waals surface area contributed by atoms with E-state index in [4.69, 9.17) is 0 Å². The van der Waals surface area contributed by atoms with Gasteiger partial charge in [0.25, 0.3) is 0 Å². The molecule has 0 unspecified atom stereocenters. The second-order valence-corrected chi connectivity index (χ2v) is 5.84. The summed E-state index contributed by atoms with van der Waals surface area (Å²) in [5.74, 6) is -0.405. The van der Waals surface area contributed by atoms with Gasteiger partial charge in [0.05, 0.1) is 12.0 Å². The molecule has 0 atom stereocenters. The highest BCUT2D eigenvalue weighted by atomic mass is 32.1. The van der Waals surface area contributed by atoms with Crippen molar-refractivity contribution in [2.45, 2.75) is 6.54 Å². The van der Waals surface area contributed by atoms with E-state index in [-0.39, 0.29) is 5.13 Å². The monoisotopic (exact) mass is 300 g/mol. The molecule has 0 saturated heterocycles. The van der Waals surface area contributed by atoms with Crippen LogP contribution in [0.1, 0.15) is 5.56 Å². The van der Waals surface area contributed by atoms with E-state index in [2.05, 4.69) is 10.3 Å². The van der Waals surface area contributed by atoms with Crippen LogP contribution in [0.3, 0.4) is 0 Å². The van der Waals surface area contributed by atoms with E-state index in [0.717, 1.165) is 27.0 Å². The second kappa shape index (κ2) is 4.63. The summed E-state index contributed by atoms with van der Waals surface area (Å²) in [7, 11) is 0. The van der Waals surface area contributed by atoms with Crippen LogP contribution in [0.5, 0.6) is 0 Å². The highest BCUT2D eigenvalue weighted by molar-refractivity contribution is 7.18. The smallest absolute Gasteiger partial charge is 0.185 e. The Bertz CT molecular complexity index is 883. The SMILES string of the molecule is Fc1cc2c(c(-c3c(F)sc4ccccc34)c1)CNC=N2. The predicted octanol–water partition coefficient (Wildman–Crippen LogP) is 4.61. The number of thiophene rings is 1. The molecule has 1 aliphatic heterocycles. The number of halogens is 2. The maximum absolute atomic E-state index is 14.4. The van der Waals surface area contributed by atoms with Gasteiger partial charge in [0.2, 0.25) is 0 Å². The molecule has 104 valence electrons. The van der Waals surface area contributed by atoms with E-state index in [9.17, 15) is 8.78 Å². The highest BCUT2D eigenvalue weighted by Crippen LogP contribution is 2.41. The minimum Gasteiger partial charge on any atom is -0.372 e. The van der Waals surface area contributed by atoms with Gasteiger partial charge in [0.15, 0.2) is 5.13 Å². The number of hydrogen-bond acceptors (Lipinski definition) is 3. The molecular formula is C16H10F2N2S. The van der Waals surface area contributed by atoms with Crippen LogP contribution >= 0.6 is 11.3 Å². The average Bonchev–Trinajstić information content (AvgIpc) is 2.82. The second-order valence-electron chi connectivity index (χ2n) is 4.84. The third-order valence-corrected chi connectivity index (χ3v) is 4.55. The Labute approximate surface area is 123 Å². The van der Waals surface area contributed by atoms with Gasteiger partial charge in [-0.2, -0.15) is 4.39 Å². The summed E-state index contributed by atoms with van der Waals surface area (Å²) in [5, 5.41) is 3.51. The van der Waals surface area contributed by atoms with Crippen molar-refractivity contribution in [3.05, 3.63) is 52.9 Å². The lowest BCUT2D eigenvalue weighted by Crippen LogP contribution is -2.15. The molecule has 21 heavy (non-hydrogen) atoms. The van der Waals surface area contributed by atoms with Crippen LogP contribution in [-0.4, -0.2) is 6.34 Å². The van der Waals surface area contributed by atoms with Gasteiger partial charge in [-0.1, -0.05) is 18.2 Å². The molecule has 1 N–H and O–H groups in total. The Balaban J connectivity index is 2.08. The molecule has 0 radical (unpaired) electrons. The molecule has 5 heteroatoms. The van der Waals surface area contributed by atoms with E-state index in [1.54, 1.807) is 0 Å². The van der Waals surface area contributed by atoms with Crippen LogP contribution in [0.2, 0.25) is 0 Å². The number of fused-ring (bicyclic) bond motifs is 2. The first-order chi connectivity index (χ1) is 10.2. The first kappa shape index (κ1) is 12.5. The lowest BCUT2D eigenvalue weighted by molar-refractivity contribution is 0.626. The van der Waals surface area contributed by atoms with Gasteiger partial charge in [-0.3, -0.25) is 0 Å². The molecule has 0 fully saturated rings. The number of rotatable bonds is 1. The summed E-state index contributed by atoms with van der Waals surface area (Å²) in [6.45, 7) is 0.512. The number of nitrogens with zero attached hydrogens (tertiary/aromatic N) is 1. The number of hydrogen-bond donors (Lipinski definition) is 1. The van der Waals surface area contributed by atoms with Crippen molar-refractivity contribution in [3.8, 4) is 11.1 Å². The van der Waals surface area contributed by atoms with Crippen molar-refractivity contribution in [2.75, 3.05) is 0 Å². The average molecular weight is 300 g/mol. The molecule has 1 aliphatic rings. The quantitative estimate of drug-likeness (QED) is 0.697. The Morgan fingerprint density at radius 1 is 1.14 bits per heavy atom. The summed E-state index contributed by atoms with van der Waals surface area (Å²) in [6, 6.07) is 10.2. The van der Waals surface area contributed by atoms with Gasteiger partial charge < -0.3 is 5.32 Å². The highest BCUT2D eigenvalue weighted by Gasteiger charge is 2.20. The fourth-order valence-corrected chi connectivity index (χ4v) is 3.62. The van der Waals surface area contributed by atoms with Crippen molar-refractivity contribution in [3.63, 3.8) is 0 Å². The molecule has 3 aromatic rings. The zero-order valence-electron chi connectivity index (χ0n) is 10.9. The Hall–Kier alpha value is -2.27. The normalized spacial score (nSPS) is 13.2. The zero-order chi connectivity index (χ0) is 14.4. The van der Waals surface area contributed by atoms with Crippen molar-refractivity contribution in [1.82, 2.24) is 5.32 Å². The maximum Gasteiger partial charge on any atom is 0.185 e. The first-order valence-electron chi connectivity index (χ1n) is 6.50. The van der Waals surface area contributed by atoms with Crippen molar-refractivity contribution >= 4 is 33.4 Å². The lowest BCUT2D eigenvalue weighted by atomic mass is 9.96. The van der Waals surface area contributed by atoms with Crippen molar-refractivity contribution in [2.24, 2.45) is 4.99 Å². The number of aliphatic imine (C=N–C) groups is 1. The van der Waals surface area contributed by atoms with Crippen molar-refractivity contribution < 1.29 is 8.78 Å². The third kappa shape index (κ3) is 1.93.